The molecule has 3 aromatic rings. The van der Waals surface area contributed by atoms with Crippen molar-refractivity contribution in [3.63, 3.8) is 0 Å². The summed E-state index contributed by atoms with van der Waals surface area (Å²) in [6.45, 7) is 3.07. The minimum absolute atomic E-state index is 0.00629. The molecule has 4 heterocycles. The van der Waals surface area contributed by atoms with Gasteiger partial charge in [0.1, 0.15) is 0 Å². The Balaban J connectivity index is 1.85. The van der Waals surface area contributed by atoms with Crippen molar-refractivity contribution in [3.05, 3.63) is 34.8 Å². The monoisotopic (exact) mass is 356 g/mol. The molecule has 0 atom stereocenters. The minimum atomic E-state index is -0.302. The summed E-state index contributed by atoms with van der Waals surface area (Å²) in [5.74, 6) is -0.00629. The molecule has 1 aliphatic heterocycles. The van der Waals surface area contributed by atoms with Gasteiger partial charge >= 0.3 is 0 Å². The second-order valence-electron chi connectivity index (χ2n) is 6.46. The number of amides is 1. The van der Waals surface area contributed by atoms with E-state index in [4.69, 9.17) is 4.98 Å². The zero-order valence-electron chi connectivity index (χ0n) is 14.3. The first-order valence-electron chi connectivity index (χ1n) is 8.40. The molecule has 1 saturated heterocycles. The zero-order valence-corrected chi connectivity index (χ0v) is 15.1. The summed E-state index contributed by atoms with van der Waals surface area (Å²) >= 11 is 1.60. The third-order valence-corrected chi connectivity index (χ3v) is 5.62. The highest BCUT2D eigenvalue weighted by Crippen LogP contribution is 2.30. The van der Waals surface area contributed by atoms with Gasteiger partial charge in [-0.2, -0.15) is 5.10 Å². The summed E-state index contributed by atoms with van der Waals surface area (Å²) in [5, 5.41) is 17.0. The van der Waals surface area contributed by atoms with Gasteiger partial charge in [-0.15, -0.1) is 11.3 Å². The summed E-state index contributed by atoms with van der Waals surface area (Å²) in [6, 6.07) is 5.87. The van der Waals surface area contributed by atoms with Crippen LogP contribution in [0.3, 0.4) is 0 Å². The molecular weight excluding hydrogens is 336 g/mol. The van der Waals surface area contributed by atoms with E-state index in [1.165, 1.54) is 0 Å². The number of carbonyl (C=O) groups excluding carboxylic acids is 1. The maximum absolute atomic E-state index is 13.2. The molecule has 6 nitrogen and oxygen atoms in total. The van der Waals surface area contributed by atoms with Crippen LogP contribution in [-0.4, -0.2) is 49.9 Å². The van der Waals surface area contributed by atoms with Crippen LogP contribution in [0.2, 0.25) is 0 Å². The van der Waals surface area contributed by atoms with Crippen molar-refractivity contribution in [1.29, 1.82) is 0 Å². The van der Waals surface area contributed by atoms with E-state index in [2.05, 4.69) is 5.10 Å². The molecule has 1 amide bonds. The number of piperidine rings is 1. The number of aliphatic hydroxyl groups excluding tert-OH is 1. The number of aryl methyl sites for hydroxylation is 2. The molecule has 0 spiro atoms. The van der Waals surface area contributed by atoms with Gasteiger partial charge in [0.2, 0.25) is 0 Å². The molecule has 4 rings (SSSR count). The maximum Gasteiger partial charge on any atom is 0.254 e. The number of aromatic nitrogens is 3. The lowest BCUT2D eigenvalue weighted by atomic mass is 10.0. The first kappa shape index (κ1) is 16.2. The molecule has 3 aromatic heterocycles. The van der Waals surface area contributed by atoms with Crippen LogP contribution in [0.25, 0.3) is 21.6 Å². The summed E-state index contributed by atoms with van der Waals surface area (Å²) < 4.78 is 1.73. The lowest BCUT2D eigenvalue weighted by molar-refractivity contribution is 0.0548. The Bertz CT molecular complexity index is 924. The largest absolute Gasteiger partial charge is 0.393 e. The topological polar surface area (TPSA) is 71.2 Å². The van der Waals surface area contributed by atoms with Crippen LogP contribution in [0.15, 0.2) is 23.6 Å². The number of nitrogens with zero attached hydrogens (tertiary/aromatic N) is 4. The third kappa shape index (κ3) is 2.83. The summed E-state index contributed by atoms with van der Waals surface area (Å²) in [4.78, 5) is 20.8. The quantitative estimate of drug-likeness (QED) is 0.766. The van der Waals surface area contributed by atoms with Crippen LogP contribution in [0.1, 0.15) is 28.9 Å². The number of aliphatic hydroxyl groups is 1. The summed E-state index contributed by atoms with van der Waals surface area (Å²) in [7, 11) is 1.85. The highest BCUT2D eigenvalue weighted by Gasteiger charge is 2.26. The second-order valence-corrected chi connectivity index (χ2v) is 7.41. The molecule has 0 saturated carbocycles. The number of hydrogen-bond acceptors (Lipinski definition) is 5. The number of pyridine rings is 1. The fourth-order valence-electron chi connectivity index (χ4n) is 3.40. The third-order valence-electron chi connectivity index (χ3n) is 4.72. The molecule has 0 aliphatic carbocycles. The lowest BCUT2D eigenvalue weighted by Gasteiger charge is -2.30. The molecule has 1 N–H and O–H groups in total. The van der Waals surface area contributed by atoms with Crippen molar-refractivity contribution in [2.45, 2.75) is 25.9 Å². The van der Waals surface area contributed by atoms with E-state index in [-0.39, 0.29) is 12.0 Å². The molecule has 0 bridgehead atoms. The van der Waals surface area contributed by atoms with Gasteiger partial charge in [0.25, 0.3) is 5.91 Å². The van der Waals surface area contributed by atoms with E-state index in [9.17, 15) is 9.90 Å². The fourth-order valence-corrected chi connectivity index (χ4v) is 4.09. The van der Waals surface area contributed by atoms with Crippen molar-refractivity contribution in [2.75, 3.05) is 13.1 Å². The number of rotatable bonds is 2. The number of fused-ring (bicyclic) bond motifs is 1. The van der Waals surface area contributed by atoms with Crippen LogP contribution in [-0.2, 0) is 7.05 Å². The van der Waals surface area contributed by atoms with Crippen LogP contribution in [0.4, 0.5) is 0 Å². The lowest BCUT2D eigenvalue weighted by Crippen LogP contribution is -2.40. The Kier molecular flexibility index (Phi) is 4.05. The van der Waals surface area contributed by atoms with Gasteiger partial charge in [-0.3, -0.25) is 9.48 Å². The Morgan fingerprint density at radius 3 is 2.80 bits per heavy atom. The van der Waals surface area contributed by atoms with Gasteiger partial charge in [0, 0.05) is 20.1 Å². The Hall–Kier alpha value is -2.25. The van der Waals surface area contributed by atoms with E-state index in [0.717, 1.165) is 27.3 Å². The van der Waals surface area contributed by atoms with Crippen molar-refractivity contribution in [2.24, 2.45) is 7.05 Å². The number of hydrogen-bond donors (Lipinski definition) is 1. The predicted octanol–water partition coefficient (Wildman–Crippen LogP) is 2.60. The Morgan fingerprint density at radius 2 is 2.12 bits per heavy atom. The molecule has 25 heavy (non-hydrogen) atoms. The van der Waals surface area contributed by atoms with Crippen LogP contribution >= 0.6 is 11.3 Å². The van der Waals surface area contributed by atoms with Gasteiger partial charge in [0.05, 0.1) is 33.3 Å². The first-order chi connectivity index (χ1) is 12.0. The normalized spacial score (nSPS) is 15.9. The highest BCUT2D eigenvalue weighted by molar-refractivity contribution is 7.13. The molecule has 0 aromatic carbocycles. The van der Waals surface area contributed by atoms with Crippen molar-refractivity contribution >= 4 is 28.3 Å². The van der Waals surface area contributed by atoms with Gasteiger partial charge in [-0.25, -0.2) is 4.98 Å². The number of likely N-dealkylation sites (tertiary alicyclic amines) is 1. The van der Waals surface area contributed by atoms with Crippen molar-refractivity contribution in [1.82, 2.24) is 19.7 Å². The molecule has 0 unspecified atom stereocenters. The Morgan fingerprint density at radius 1 is 1.36 bits per heavy atom. The minimum Gasteiger partial charge on any atom is -0.393 e. The van der Waals surface area contributed by atoms with Crippen LogP contribution < -0.4 is 0 Å². The van der Waals surface area contributed by atoms with E-state index >= 15 is 0 Å². The average molecular weight is 356 g/mol. The molecule has 0 radical (unpaired) electrons. The predicted molar refractivity (Wildman–Crippen MR) is 97.7 cm³/mol. The molecule has 1 aliphatic rings. The zero-order chi connectivity index (χ0) is 17.6. The number of carbonyl (C=O) groups is 1. The molecule has 7 heteroatoms. The van der Waals surface area contributed by atoms with Gasteiger partial charge in [-0.05, 0) is 37.3 Å². The molecule has 130 valence electrons. The smallest absolute Gasteiger partial charge is 0.254 e. The van der Waals surface area contributed by atoms with E-state index < -0.39 is 0 Å². The standard InChI is InChI=1S/C18H20N4O2S/c1-11-16-13(18(24)22-7-5-12(23)6-8-22)10-14(15-4-3-9-25-15)19-17(16)21(2)20-11/h3-4,9-10,12,23H,5-8H2,1-2H3. The summed E-state index contributed by atoms with van der Waals surface area (Å²) in [5.41, 5.74) is 2.98. The Labute approximate surface area is 149 Å². The van der Waals surface area contributed by atoms with Gasteiger partial charge < -0.3 is 10.0 Å². The fraction of sp³-hybridized carbons (Fsp3) is 0.389. The van der Waals surface area contributed by atoms with Crippen LogP contribution in [0.5, 0.6) is 0 Å². The van der Waals surface area contributed by atoms with Crippen LogP contribution in [0, 0.1) is 6.92 Å². The van der Waals surface area contributed by atoms with Crippen molar-refractivity contribution < 1.29 is 9.90 Å². The highest BCUT2D eigenvalue weighted by atomic mass is 32.1. The first-order valence-corrected chi connectivity index (χ1v) is 9.28. The average Bonchev–Trinajstić information content (AvgIpc) is 3.23. The van der Waals surface area contributed by atoms with E-state index in [0.29, 0.717) is 31.5 Å². The van der Waals surface area contributed by atoms with Crippen molar-refractivity contribution in [3.8, 4) is 10.6 Å². The number of thiophene rings is 1. The maximum atomic E-state index is 13.2. The van der Waals surface area contributed by atoms with E-state index in [1.54, 1.807) is 16.0 Å². The van der Waals surface area contributed by atoms with Gasteiger partial charge in [-0.1, -0.05) is 6.07 Å². The van der Waals surface area contributed by atoms with E-state index in [1.807, 2.05) is 42.5 Å². The summed E-state index contributed by atoms with van der Waals surface area (Å²) in [6.07, 6.45) is 0.955. The second kappa shape index (κ2) is 6.24. The SMILES string of the molecule is Cc1nn(C)c2nc(-c3cccs3)cc(C(=O)N3CCC(O)CC3)c12. The van der Waals surface area contributed by atoms with Gasteiger partial charge in [0.15, 0.2) is 5.65 Å². The molecule has 1 fully saturated rings. The molecular formula is C18H20N4O2S.